The average molecular weight is 201 g/mol. The quantitative estimate of drug-likeness (QED) is 0.671. The number of allylic oxidation sites excluding steroid dienone is 1. The van der Waals surface area contributed by atoms with Gasteiger partial charge < -0.3 is 0 Å². The van der Waals surface area contributed by atoms with Crippen LogP contribution in [0.3, 0.4) is 0 Å². The standard InChI is InChI=1S/C7H9BrN2/c1-3-6(2)10-5-7(8)4-9-10/h3-6H,1H2,2H3. The normalized spacial score (nSPS) is 13.0. The summed E-state index contributed by atoms with van der Waals surface area (Å²) < 4.78 is 2.85. The summed E-state index contributed by atoms with van der Waals surface area (Å²) in [4.78, 5) is 0. The van der Waals surface area contributed by atoms with Gasteiger partial charge >= 0.3 is 0 Å². The average Bonchev–Trinajstić information content (AvgIpc) is 2.34. The minimum Gasteiger partial charge on any atom is -0.265 e. The molecule has 1 atom stereocenters. The third kappa shape index (κ3) is 1.48. The number of halogens is 1. The van der Waals surface area contributed by atoms with Gasteiger partial charge in [0.05, 0.1) is 16.7 Å². The van der Waals surface area contributed by atoms with Crippen LogP contribution in [0.15, 0.2) is 29.5 Å². The van der Waals surface area contributed by atoms with Gasteiger partial charge in [0, 0.05) is 6.20 Å². The molecule has 1 unspecified atom stereocenters. The van der Waals surface area contributed by atoms with E-state index in [0.717, 1.165) is 4.47 Å². The predicted molar refractivity (Wildman–Crippen MR) is 44.8 cm³/mol. The molecule has 0 aliphatic rings. The second kappa shape index (κ2) is 3.01. The summed E-state index contributed by atoms with van der Waals surface area (Å²) in [5.74, 6) is 0. The van der Waals surface area contributed by atoms with E-state index in [-0.39, 0.29) is 6.04 Å². The van der Waals surface area contributed by atoms with E-state index < -0.39 is 0 Å². The molecule has 10 heavy (non-hydrogen) atoms. The highest BCUT2D eigenvalue weighted by Gasteiger charge is 1.98. The van der Waals surface area contributed by atoms with E-state index in [1.807, 2.05) is 23.9 Å². The topological polar surface area (TPSA) is 17.8 Å². The highest BCUT2D eigenvalue weighted by atomic mass is 79.9. The molecular weight excluding hydrogens is 192 g/mol. The summed E-state index contributed by atoms with van der Waals surface area (Å²) >= 11 is 3.31. The van der Waals surface area contributed by atoms with E-state index in [0.29, 0.717) is 0 Å². The Hall–Kier alpha value is -0.570. The number of aromatic nitrogens is 2. The second-order valence-electron chi connectivity index (χ2n) is 2.11. The molecule has 0 aromatic carbocycles. The van der Waals surface area contributed by atoms with Gasteiger partial charge in [0.1, 0.15) is 0 Å². The van der Waals surface area contributed by atoms with Crippen molar-refractivity contribution in [3.8, 4) is 0 Å². The van der Waals surface area contributed by atoms with Crippen molar-refractivity contribution >= 4 is 15.9 Å². The molecule has 0 aliphatic heterocycles. The molecular formula is C7H9BrN2. The lowest BCUT2D eigenvalue weighted by molar-refractivity contribution is 0.581. The molecule has 0 saturated heterocycles. The Balaban J connectivity index is 2.84. The Morgan fingerprint density at radius 2 is 2.60 bits per heavy atom. The minimum absolute atomic E-state index is 0.270. The molecule has 0 radical (unpaired) electrons. The van der Waals surface area contributed by atoms with E-state index in [1.54, 1.807) is 6.20 Å². The van der Waals surface area contributed by atoms with Gasteiger partial charge in [0.25, 0.3) is 0 Å². The van der Waals surface area contributed by atoms with Crippen molar-refractivity contribution in [2.45, 2.75) is 13.0 Å². The lowest BCUT2D eigenvalue weighted by Crippen LogP contribution is -2.00. The monoisotopic (exact) mass is 200 g/mol. The second-order valence-corrected chi connectivity index (χ2v) is 3.03. The Bertz CT molecular complexity index is 229. The molecule has 1 heterocycles. The zero-order valence-corrected chi connectivity index (χ0v) is 7.37. The minimum atomic E-state index is 0.270. The number of rotatable bonds is 2. The van der Waals surface area contributed by atoms with Gasteiger partial charge in [-0.3, -0.25) is 4.68 Å². The van der Waals surface area contributed by atoms with Crippen molar-refractivity contribution in [2.75, 3.05) is 0 Å². The first-order chi connectivity index (χ1) is 4.74. The molecule has 0 saturated carbocycles. The van der Waals surface area contributed by atoms with Crippen LogP contribution in [-0.4, -0.2) is 9.78 Å². The first kappa shape index (κ1) is 7.54. The third-order valence-electron chi connectivity index (χ3n) is 1.33. The third-order valence-corrected chi connectivity index (χ3v) is 1.74. The smallest absolute Gasteiger partial charge is 0.0669 e. The van der Waals surface area contributed by atoms with E-state index >= 15 is 0 Å². The van der Waals surface area contributed by atoms with Crippen LogP contribution in [0.25, 0.3) is 0 Å². The van der Waals surface area contributed by atoms with Gasteiger partial charge in [-0.15, -0.1) is 6.58 Å². The lowest BCUT2D eigenvalue weighted by atomic mass is 10.3. The van der Waals surface area contributed by atoms with Crippen LogP contribution in [0.4, 0.5) is 0 Å². The fraction of sp³-hybridized carbons (Fsp3) is 0.286. The lowest BCUT2D eigenvalue weighted by Gasteiger charge is -2.03. The highest BCUT2D eigenvalue weighted by molar-refractivity contribution is 9.10. The van der Waals surface area contributed by atoms with Gasteiger partial charge in [-0.25, -0.2) is 0 Å². The maximum Gasteiger partial charge on any atom is 0.0669 e. The zero-order valence-electron chi connectivity index (χ0n) is 5.79. The van der Waals surface area contributed by atoms with Crippen LogP contribution >= 0.6 is 15.9 Å². The molecule has 0 N–H and O–H groups in total. The van der Waals surface area contributed by atoms with Crippen LogP contribution in [0.5, 0.6) is 0 Å². The molecule has 3 heteroatoms. The Morgan fingerprint density at radius 1 is 1.90 bits per heavy atom. The summed E-state index contributed by atoms with van der Waals surface area (Å²) in [5.41, 5.74) is 0. The Morgan fingerprint density at radius 3 is 3.00 bits per heavy atom. The molecule has 0 aliphatic carbocycles. The van der Waals surface area contributed by atoms with Crippen LogP contribution < -0.4 is 0 Å². The first-order valence-corrected chi connectivity index (χ1v) is 3.85. The van der Waals surface area contributed by atoms with Crippen LogP contribution in [0.1, 0.15) is 13.0 Å². The molecule has 0 bridgehead atoms. The van der Waals surface area contributed by atoms with E-state index in [9.17, 15) is 0 Å². The molecule has 2 nitrogen and oxygen atoms in total. The van der Waals surface area contributed by atoms with E-state index in [1.165, 1.54) is 0 Å². The number of hydrogen-bond donors (Lipinski definition) is 0. The van der Waals surface area contributed by atoms with Crippen molar-refractivity contribution in [1.29, 1.82) is 0 Å². The fourth-order valence-electron chi connectivity index (χ4n) is 0.646. The van der Waals surface area contributed by atoms with Crippen molar-refractivity contribution in [2.24, 2.45) is 0 Å². The van der Waals surface area contributed by atoms with Gasteiger partial charge in [-0.05, 0) is 22.9 Å². The number of nitrogens with zero attached hydrogens (tertiary/aromatic N) is 2. The Kier molecular flexibility index (Phi) is 2.27. The highest BCUT2D eigenvalue weighted by Crippen LogP contribution is 2.11. The van der Waals surface area contributed by atoms with Gasteiger partial charge in [-0.2, -0.15) is 5.10 Å². The fourth-order valence-corrected chi connectivity index (χ4v) is 0.947. The summed E-state index contributed by atoms with van der Waals surface area (Å²) in [5, 5.41) is 4.09. The molecule has 1 aromatic rings. The molecule has 1 rings (SSSR count). The first-order valence-electron chi connectivity index (χ1n) is 3.06. The molecule has 0 spiro atoms. The summed E-state index contributed by atoms with van der Waals surface area (Å²) in [6.07, 6.45) is 5.53. The predicted octanol–water partition coefficient (Wildman–Crippen LogP) is 2.39. The van der Waals surface area contributed by atoms with Crippen LogP contribution in [0, 0.1) is 0 Å². The van der Waals surface area contributed by atoms with Crippen molar-refractivity contribution in [3.05, 3.63) is 29.5 Å². The van der Waals surface area contributed by atoms with Crippen LogP contribution in [0.2, 0.25) is 0 Å². The molecule has 54 valence electrons. The van der Waals surface area contributed by atoms with Crippen molar-refractivity contribution in [1.82, 2.24) is 9.78 Å². The summed E-state index contributed by atoms with van der Waals surface area (Å²) in [6.45, 7) is 5.70. The van der Waals surface area contributed by atoms with Gasteiger partial charge in [0.15, 0.2) is 0 Å². The SMILES string of the molecule is C=CC(C)n1cc(Br)cn1. The molecule has 1 aromatic heterocycles. The van der Waals surface area contributed by atoms with Crippen LogP contribution in [-0.2, 0) is 0 Å². The summed E-state index contributed by atoms with van der Waals surface area (Å²) in [6, 6.07) is 0.270. The summed E-state index contributed by atoms with van der Waals surface area (Å²) in [7, 11) is 0. The Labute approximate surface area is 68.7 Å². The van der Waals surface area contributed by atoms with E-state index in [2.05, 4.69) is 27.6 Å². The van der Waals surface area contributed by atoms with E-state index in [4.69, 9.17) is 0 Å². The maximum absolute atomic E-state index is 4.09. The van der Waals surface area contributed by atoms with Gasteiger partial charge in [-0.1, -0.05) is 6.08 Å². The number of hydrogen-bond acceptors (Lipinski definition) is 1. The zero-order chi connectivity index (χ0) is 7.56. The van der Waals surface area contributed by atoms with Crippen molar-refractivity contribution in [3.63, 3.8) is 0 Å². The van der Waals surface area contributed by atoms with Crippen molar-refractivity contribution < 1.29 is 0 Å². The largest absolute Gasteiger partial charge is 0.265 e. The molecule has 0 amide bonds. The van der Waals surface area contributed by atoms with Gasteiger partial charge in [0.2, 0.25) is 0 Å². The molecule has 0 fully saturated rings. The maximum atomic E-state index is 4.09.